The summed E-state index contributed by atoms with van der Waals surface area (Å²) in [6, 6.07) is 0. The molecule has 0 aromatic carbocycles. The van der Waals surface area contributed by atoms with E-state index in [1.165, 1.54) is 0 Å². The van der Waals surface area contributed by atoms with Crippen molar-refractivity contribution in [1.29, 1.82) is 0 Å². The molecule has 0 aliphatic heterocycles. The van der Waals surface area contributed by atoms with Crippen LogP contribution in [0.2, 0.25) is 0 Å². The van der Waals surface area contributed by atoms with Crippen LogP contribution in [0.25, 0.3) is 0 Å². The summed E-state index contributed by atoms with van der Waals surface area (Å²) in [5, 5.41) is 3.14. The van der Waals surface area contributed by atoms with E-state index in [-0.39, 0.29) is 11.9 Å². The Balaban J connectivity index is 4.96. The SMILES string of the molecule is CNCC(OC(=O)C(C)C)(C(C)C)C(C)C. The molecule has 0 saturated heterocycles. The largest absolute Gasteiger partial charge is 0.457 e. The molecule has 0 aromatic rings. The Morgan fingerprint density at radius 3 is 1.81 bits per heavy atom. The fourth-order valence-electron chi connectivity index (χ4n) is 1.93. The summed E-state index contributed by atoms with van der Waals surface area (Å²) >= 11 is 0. The number of ether oxygens (including phenoxy) is 1. The standard InChI is InChI=1S/C13H27NO2/c1-9(2)12(15)16-13(8-14-7,10(3)4)11(5)6/h9-11,14H,8H2,1-7H3. The predicted molar refractivity (Wildman–Crippen MR) is 67.3 cm³/mol. The van der Waals surface area contributed by atoms with Crippen LogP contribution in [-0.2, 0) is 9.53 Å². The molecular formula is C13H27NO2. The lowest BCUT2D eigenvalue weighted by Crippen LogP contribution is -2.52. The van der Waals surface area contributed by atoms with E-state index in [1.54, 1.807) is 0 Å². The van der Waals surface area contributed by atoms with Gasteiger partial charge in [-0.25, -0.2) is 0 Å². The molecule has 3 heteroatoms. The van der Waals surface area contributed by atoms with Gasteiger partial charge in [-0.2, -0.15) is 0 Å². The van der Waals surface area contributed by atoms with Crippen LogP contribution in [0.15, 0.2) is 0 Å². The number of nitrogens with one attached hydrogen (secondary N) is 1. The molecule has 0 spiro atoms. The van der Waals surface area contributed by atoms with Crippen LogP contribution < -0.4 is 5.32 Å². The van der Waals surface area contributed by atoms with Gasteiger partial charge in [-0.1, -0.05) is 41.5 Å². The number of hydrogen-bond donors (Lipinski definition) is 1. The highest BCUT2D eigenvalue weighted by atomic mass is 16.6. The second kappa shape index (κ2) is 6.24. The van der Waals surface area contributed by atoms with Crippen molar-refractivity contribution < 1.29 is 9.53 Å². The van der Waals surface area contributed by atoms with Gasteiger partial charge in [-0.05, 0) is 18.9 Å². The monoisotopic (exact) mass is 229 g/mol. The van der Waals surface area contributed by atoms with Crippen LogP contribution in [0.5, 0.6) is 0 Å². The average Bonchev–Trinajstić information content (AvgIpc) is 2.15. The van der Waals surface area contributed by atoms with Crippen molar-refractivity contribution >= 4 is 5.97 Å². The molecule has 0 bridgehead atoms. The summed E-state index contributed by atoms with van der Waals surface area (Å²) in [4.78, 5) is 11.8. The Hall–Kier alpha value is -0.570. The Morgan fingerprint density at radius 1 is 1.12 bits per heavy atom. The summed E-state index contributed by atoms with van der Waals surface area (Å²) < 4.78 is 5.76. The Bertz CT molecular complexity index is 214. The first-order chi connectivity index (χ1) is 7.27. The Morgan fingerprint density at radius 2 is 1.56 bits per heavy atom. The predicted octanol–water partition coefficient (Wildman–Crippen LogP) is 2.46. The van der Waals surface area contributed by atoms with Crippen LogP contribution in [0.1, 0.15) is 41.5 Å². The van der Waals surface area contributed by atoms with E-state index >= 15 is 0 Å². The van der Waals surface area contributed by atoms with E-state index in [2.05, 4.69) is 33.0 Å². The van der Waals surface area contributed by atoms with E-state index in [9.17, 15) is 4.79 Å². The molecule has 1 N–H and O–H groups in total. The molecule has 0 radical (unpaired) electrons. The van der Waals surface area contributed by atoms with Crippen molar-refractivity contribution in [3.05, 3.63) is 0 Å². The molecule has 0 aliphatic carbocycles. The fraction of sp³-hybridized carbons (Fsp3) is 0.923. The van der Waals surface area contributed by atoms with Gasteiger partial charge in [-0.3, -0.25) is 4.79 Å². The molecule has 0 aromatic heterocycles. The molecular weight excluding hydrogens is 202 g/mol. The van der Waals surface area contributed by atoms with Crippen LogP contribution in [0.4, 0.5) is 0 Å². The van der Waals surface area contributed by atoms with E-state index in [4.69, 9.17) is 4.74 Å². The highest BCUT2D eigenvalue weighted by Crippen LogP contribution is 2.31. The lowest BCUT2D eigenvalue weighted by atomic mass is 9.80. The number of likely N-dealkylation sites (N-methyl/N-ethyl adjacent to an activating group) is 1. The Kier molecular flexibility index (Phi) is 6.01. The molecule has 96 valence electrons. The number of hydrogen-bond acceptors (Lipinski definition) is 3. The zero-order valence-corrected chi connectivity index (χ0v) is 11.8. The van der Waals surface area contributed by atoms with Crippen molar-refractivity contribution in [1.82, 2.24) is 5.32 Å². The second-order valence-electron chi connectivity index (χ2n) is 5.37. The number of rotatable bonds is 6. The van der Waals surface area contributed by atoms with Crippen molar-refractivity contribution in [3.8, 4) is 0 Å². The molecule has 0 aliphatic rings. The lowest BCUT2D eigenvalue weighted by Gasteiger charge is -2.41. The molecule has 0 atom stereocenters. The minimum absolute atomic E-state index is 0.0752. The van der Waals surface area contributed by atoms with Gasteiger partial charge in [0.1, 0.15) is 5.60 Å². The average molecular weight is 229 g/mol. The molecule has 0 rings (SSSR count). The third-order valence-electron chi connectivity index (χ3n) is 3.17. The van der Waals surface area contributed by atoms with Crippen LogP contribution in [-0.4, -0.2) is 25.2 Å². The van der Waals surface area contributed by atoms with Crippen molar-refractivity contribution in [3.63, 3.8) is 0 Å². The molecule has 0 amide bonds. The van der Waals surface area contributed by atoms with Gasteiger partial charge in [0, 0.05) is 6.54 Å². The van der Waals surface area contributed by atoms with Crippen LogP contribution in [0.3, 0.4) is 0 Å². The van der Waals surface area contributed by atoms with Gasteiger partial charge < -0.3 is 10.1 Å². The minimum Gasteiger partial charge on any atom is -0.457 e. The van der Waals surface area contributed by atoms with Crippen molar-refractivity contribution in [2.24, 2.45) is 17.8 Å². The lowest BCUT2D eigenvalue weighted by molar-refractivity contribution is -0.175. The highest BCUT2D eigenvalue weighted by Gasteiger charge is 2.40. The maximum absolute atomic E-state index is 11.8. The third-order valence-corrected chi connectivity index (χ3v) is 3.17. The van der Waals surface area contributed by atoms with Crippen molar-refractivity contribution in [2.75, 3.05) is 13.6 Å². The van der Waals surface area contributed by atoms with Gasteiger partial charge >= 0.3 is 5.97 Å². The molecule has 0 fully saturated rings. The number of carbonyl (C=O) groups excluding carboxylic acids is 1. The number of esters is 1. The second-order valence-corrected chi connectivity index (χ2v) is 5.37. The zero-order valence-electron chi connectivity index (χ0n) is 11.8. The van der Waals surface area contributed by atoms with Crippen LogP contribution in [0, 0.1) is 17.8 Å². The first-order valence-corrected chi connectivity index (χ1v) is 6.15. The van der Waals surface area contributed by atoms with Gasteiger partial charge in [0.05, 0.1) is 5.92 Å². The molecule has 3 nitrogen and oxygen atoms in total. The van der Waals surface area contributed by atoms with E-state index < -0.39 is 5.60 Å². The third kappa shape index (κ3) is 3.48. The zero-order chi connectivity index (χ0) is 12.9. The quantitative estimate of drug-likeness (QED) is 0.711. The van der Waals surface area contributed by atoms with Crippen LogP contribution >= 0.6 is 0 Å². The maximum atomic E-state index is 11.8. The molecule has 0 unspecified atom stereocenters. The van der Waals surface area contributed by atoms with E-state index in [1.807, 2.05) is 20.9 Å². The summed E-state index contributed by atoms with van der Waals surface area (Å²) in [7, 11) is 1.89. The normalized spacial score (nSPS) is 12.6. The topological polar surface area (TPSA) is 38.3 Å². The summed E-state index contributed by atoms with van der Waals surface area (Å²) in [5.74, 6) is 0.400. The van der Waals surface area contributed by atoms with Gasteiger partial charge in [0.2, 0.25) is 0 Å². The number of carbonyl (C=O) groups is 1. The highest BCUT2D eigenvalue weighted by molar-refractivity contribution is 5.72. The summed E-state index contributed by atoms with van der Waals surface area (Å²) in [5.41, 5.74) is -0.407. The van der Waals surface area contributed by atoms with Gasteiger partial charge in [-0.15, -0.1) is 0 Å². The van der Waals surface area contributed by atoms with E-state index in [0.29, 0.717) is 18.4 Å². The minimum atomic E-state index is -0.407. The first-order valence-electron chi connectivity index (χ1n) is 6.15. The molecule has 0 saturated carbocycles. The van der Waals surface area contributed by atoms with Crippen molar-refractivity contribution in [2.45, 2.75) is 47.1 Å². The van der Waals surface area contributed by atoms with E-state index in [0.717, 1.165) is 0 Å². The Labute approximate surface area is 99.9 Å². The molecule has 0 heterocycles. The maximum Gasteiger partial charge on any atom is 0.308 e. The van der Waals surface area contributed by atoms with Gasteiger partial charge in [0.15, 0.2) is 0 Å². The first kappa shape index (κ1) is 15.4. The fourth-order valence-corrected chi connectivity index (χ4v) is 1.93. The summed E-state index contributed by atoms with van der Waals surface area (Å²) in [6.45, 7) is 12.8. The smallest absolute Gasteiger partial charge is 0.308 e. The summed E-state index contributed by atoms with van der Waals surface area (Å²) in [6.07, 6.45) is 0. The molecule has 16 heavy (non-hydrogen) atoms. The van der Waals surface area contributed by atoms with Gasteiger partial charge in [0.25, 0.3) is 0 Å².